The summed E-state index contributed by atoms with van der Waals surface area (Å²) in [6.45, 7) is 0. The van der Waals surface area contributed by atoms with Crippen molar-refractivity contribution < 1.29 is 22.2 Å². The largest absolute Gasteiger partial charge is 0.379 e. The van der Waals surface area contributed by atoms with E-state index < -0.39 is 16.1 Å². The summed E-state index contributed by atoms with van der Waals surface area (Å²) >= 11 is 0. The Bertz CT molecular complexity index is 1410. The summed E-state index contributed by atoms with van der Waals surface area (Å²) in [7, 11) is -4.10. The molecule has 0 aliphatic heterocycles. The predicted molar refractivity (Wildman–Crippen MR) is 134 cm³/mol. The fourth-order valence-corrected chi connectivity index (χ4v) is 4.01. The molecule has 3 N–H and O–H groups in total. The van der Waals surface area contributed by atoms with Gasteiger partial charge in [0.15, 0.2) is 0 Å². The number of nitrogens with one attached hydrogen (secondary N) is 3. The minimum Gasteiger partial charge on any atom is -0.379 e. The standard InChI is InChI=1S/C26H21N3O5S/c30-25(19-7-3-1-4-8-19)27-21-13-17-24(18-14-21)35(32,33)34-23-15-11-22(12-16-23)29-26(31)28-20-9-5-2-6-10-20/h1-18H,(H,27,30)(H2,28,29,31). The number of hydrogen-bond donors (Lipinski definition) is 3. The molecule has 0 aromatic heterocycles. The Labute approximate surface area is 202 Å². The molecular weight excluding hydrogens is 466 g/mol. The second-order valence-electron chi connectivity index (χ2n) is 7.35. The van der Waals surface area contributed by atoms with E-state index in [2.05, 4.69) is 16.0 Å². The van der Waals surface area contributed by atoms with Crippen LogP contribution in [0.4, 0.5) is 21.9 Å². The van der Waals surface area contributed by atoms with Gasteiger partial charge in [-0.2, -0.15) is 8.42 Å². The Kier molecular flexibility index (Phi) is 7.08. The highest BCUT2D eigenvalue weighted by Gasteiger charge is 2.17. The second-order valence-corrected chi connectivity index (χ2v) is 8.90. The third kappa shape index (κ3) is 6.46. The fraction of sp³-hybridized carbons (Fsp3) is 0. The molecule has 0 saturated carbocycles. The van der Waals surface area contributed by atoms with Crippen LogP contribution in [0.25, 0.3) is 0 Å². The molecule has 0 spiro atoms. The highest BCUT2D eigenvalue weighted by Crippen LogP contribution is 2.22. The lowest BCUT2D eigenvalue weighted by Gasteiger charge is -2.10. The summed E-state index contributed by atoms with van der Waals surface area (Å²) in [5.41, 5.74) is 2.04. The van der Waals surface area contributed by atoms with Crippen molar-refractivity contribution in [3.05, 3.63) is 115 Å². The lowest BCUT2D eigenvalue weighted by atomic mass is 10.2. The zero-order chi connectivity index (χ0) is 24.7. The van der Waals surface area contributed by atoms with E-state index in [1.807, 2.05) is 12.1 Å². The lowest BCUT2D eigenvalue weighted by Crippen LogP contribution is -2.19. The quantitative estimate of drug-likeness (QED) is 0.304. The zero-order valence-corrected chi connectivity index (χ0v) is 19.2. The van der Waals surface area contributed by atoms with E-state index in [1.54, 1.807) is 48.5 Å². The van der Waals surface area contributed by atoms with Crippen LogP contribution in [0.2, 0.25) is 0 Å². The van der Waals surface area contributed by atoms with Gasteiger partial charge in [-0.05, 0) is 72.8 Å². The molecule has 0 radical (unpaired) electrons. The number of para-hydroxylation sites is 1. The molecule has 0 aliphatic rings. The minimum absolute atomic E-state index is 0.0698. The fourth-order valence-electron chi connectivity index (χ4n) is 3.08. The first kappa shape index (κ1) is 23.5. The molecule has 0 aliphatic carbocycles. The number of rotatable bonds is 7. The van der Waals surface area contributed by atoms with Crippen LogP contribution in [0.3, 0.4) is 0 Å². The van der Waals surface area contributed by atoms with Crippen LogP contribution >= 0.6 is 0 Å². The van der Waals surface area contributed by atoms with Crippen LogP contribution in [-0.4, -0.2) is 20.4 Å². The van der Waals surface area contributed by atoms with Gasteiger partial charge in [-0.3, -0.25) is 4.79 Å². The number of hydrogen-bond acceptors (Lipinski definition) is 5. The zero-order valence-electron chi connectivity index (χ0n) is 18.3. The van der Waals surface area contributed by atoms with Crippen LogP contribution in [0.15, 0.2) is 114 Å². The number of benzene rings is 4. The molecule has 4 aromatic rings. The van der Waals surface area contributed by atoms with Crippen molar-refractivity contribution in [3.63, 3.8) is 0 Å². The molecule has 4 aromatic carbocycles. The van der Waals surface area contributed by atoms with Crippen molar-refractivity contribution in [2.45, 2.75) is 4.90 Å². The highest BCUT2D eigenvalue weighted by molar-refractivity contribution is 7.87. The normalized spacial score (nSPS) is 10.7. The molecule has 8 nitrogen and oxygen atoms in total. The smallest absolute Gasteiger partial charge is 0.339 e. The van der Waals surface area contributed by atoms with E-state index in [9.17, 15) is 18.0 Å². The van der Waals surface area contributed by atoms with Gasteiger partial charge < -0.3 is 20.1 Å². The predicted octanol–water partition coefficient (Wildman–Crippen LogP) is 5.35. The molecule has 35 heavy (non-hydrogen) atoms. The summed E-state index contributed by atoms with van der Waals surface area (Å²) in [5, 5.41) is 8.05. The van der Waals surface area contributed by atoms with Crippen LogP contribution in [0, 0.1) is 0 Å². The van der Waals surface area contributed by atoms with E-state index in [4.69, 9.17) is 4.18 Å². The first-order valence-electron chi connectivity index (χ1n) is 10.5. The van der Waals surface area contributed by atoms with Gasteiger partial charge in [0.25, 0.3) is 5.91 Å². The number of amides is 3. The maximum absolute atomic E-state index is 12.6. The Hall–Kier alpha value is -4.63. The van der Waals surface area contributed by atoms with E-state index in [0.29, 0.717) is 22.6 Å². The second kappa shape index (κ2) is 10.5. The monoisotopic (exact) mass is 487 g/mol. The Morgan fingerprint density at radius 3 is 1.66 bits per heavy atom. The van der Waals surface area contributed by atoms with Gasteiger partial charge in [0, 0.05) is 22.6 Å². The number of carbonyl (C=O) groups is 2. The van der Waals surface area contributed by atoms with Gasteiger partial charge in [-0.25, -0.2) is 4.79 Å². The molecule has 0 bridgehead atoms. The third-order valence-corrected chi connectivity index (χ3v) is 6.05. The number of carbonyl (C=O) groups excluding carboxylic acids is 2. The molecule has 0 unspecified atom stereocenters. The maximum Gasteiger partial charge on any atom is 0.339 e. The topological polar surface area (TPSA) is 114 Å². The van der Waals surface area contributed by atoms with Crippen molar-refractivity contribution in [1.29, 1.82) is 0 Å². The van der Waals surface area contributed by atoms with Crippen LogP contribution in [-0.2, 0) is 10.1 Å². The summed E-state index contributed by atoms with van der Waals surface area (Å²) in [6, 6.07) is 28.8. The van der Waals surface area contributed by atoms with E-state index in [1.165, 1.54) is 48.5 Å². The molecule has 0 heterocycles. The summed E-state index contributed by atoms with van der Waals surface area (Å²) < 4.78 is 30.5. The van der Waals surface area contributed by atoms with Gasteiger partial charge in [-0.1, -0.05) is 36.4 Å². The Morgan fingerprint density at radius 2 is 1.06 bits per heavy atom. The average molecular weight is 488 g/mol. The van der Waals surface area contributed by atoms with Crippen LogP contribution in [0.5, 0.6) is 5.75 Å². The summed E-state index contributed by atoms with van der Waals surface area (Å²) in [4.78, 5) is 24.2. The van der Waals surface area contributed by atoms with Crippen molar-refractivity contribution in [2.24, 2.45) is 0 Å². The van der Waals surface area contributed by atoms with Crippen molar-refractivity contribution in [1.82, 2.24) is 0 Å². The van der Waals surface area contributed by atoms with Crippen LogP contribution in [0.1, 0.15) is 10.4 Å². The highest BCUT2D eigenvalue weighted by atomic mass is 32.2. The first-order chi connectivity index (χ1) is 16.9. The number of urea groups is 1. The minimum atomic E-state index is -4.10. The molecule has 3 amide bonds. The molecule has 0 saturated heterocycles. The van der Waals surface area contributed by atoms with Gasteiger partial charge in [0.05, 0.1) is 0 Å². The molecular formula is C26H21N3O5S. The van der Waals surface area contributed by atoms with Gasteiger partial charge >= 0.3 is 16.1 Å². The Balaban J connectivity index is 1.35. The molecule has 9 heteroatoms. The summed E-state index contributed by atoms with van der Waals surface area (Å²) in [6.07, 6.45) is 0. The van der Waals surface area contributed by atoms with Crippen molar-refractivity contribution in [2.75, 3.05) is 16.0 Å². The molecule has 0 atom stereocenters. The third-order valence-electron chi connectivity index (χ3n) is 4.79. The van der Waals surface area contributed by atoms with E-state index in [0.717, 1.165) is 0 Å². The lowest BCUT2D eigenvalue weighted by molar-refractivity contribution is 0.102. The summed E-state index contributed by atoms with van der Waals surface area (Å²) in [5.74, 6) is -0.218. The van der Waals surface area contributed by atoms with Crippen molar-refractivity contribution >= 4 is 39.1 Å². The van der Waals surface area contributed by atoms with Crippen LogP contribution < -0.4 is 20.1 Å². The molecule has 0 fully saturated rings. The number of anilines is 3. The van der Waals surface area contributed by atoms with Gasteiger partial charge in [0.1, 0.15) is 10.6 Å². The maximum atomic E-state index is 12.6. The van der Waals surface area contributed by atoms with E-state index >= 15 is 0 Å². The van der Waals surface area contributed by atoms with Gasteiger partial charge in [0.2, 0.25) is 0 Å². The van der Waals surface area contributed by atoms with Gasteiger partial charge in [-0.15, -0.1) is 0 Å². The van der Waals surface area contributed by atoms with E-state index in [-0.39, 0.29) is 16.6 Å². The average Bonchev–Trinajstić information content (AvgIpc) is 2.86. The Morgan fingerprint density at radius 1 is 0.571 bits per heavy atom. The SMILES string of the molecule is O=C(Nc1ccccc1)Nc1ccc(OS(=O)(=O)c2ccc(NC(=O)c3ccccc3)cc2)cc1. The molecule has 4 rings (SSSR count). The van der Waals surface area contributed by atoms with Crippen molar-refractivity contribution in [3.8, 4) is 5.75 Å². The first-order valence-corrected chi connectivity index (χ1v) is 11.9. The molecule has 176 valence electrons.